The molecule has 150 valence electrons. The van der Waals surface area contributed by atoms with E-state index in [1.54, 1.807) is 16.8 Å². The van der Waals surface area contributed by atoms with E-state index in [0.717, 1.165) is 19.3 Å². The molecule has 29 heavy (non-hydrogen) atoms. The number of nitrogens with one attached hydrogen (secondary N) is 1. The van der Waals surface area contributed by atoms with Gasteiger partial charge in [-0.25, -0.2) is 9.67 Å². The van der Waals surface area contributed by atoms with Gasteiger partial charge in [0.05, 0.1) is 24.2 Å². The van der Waals surface area contributed by atoms with Crippen LogP contribution in [0.5, 0.6) is 0 Å². The predicted molar refractivity (Wildman–Crippen MR) is 104 cm³/mol. The molecule has 3 aromatic rings. The molecule has 0 bridgehead atoms. The van der Waals surface area contributed by atoms with Crippen LogP contribution in [0, 0.1) is 16.0 Å². The van der Waals surface area contributed by atoms with Crippen LogP contribution in [0.25, 0.3) is 11.0 Å². The Balaban J connectivity index is 1.48. The third-order valence-corrected chi connectivity index (χ3v) is 5.20. The van der Waals surface area contributed by atoms with E-state index >= 15 is 0 Å². The summed E-state index contributed by atoms with van der Waals surface area (Å²) in [7, 11) is 0. The average Bonchev–Trinajstić information content (AvgIpc) is 3.07. The zero-order chi connectivity index (χ0) is 20.4. The number of hydrogen-bond acceptors (Lipinski definition) is 6. The smallest absolute Gasteiger partial charge is 0.269 e. The normalized spacial score (nSPS) is 13.9. The van der Waals surface area contributed by atoms with Gasteiger partial charge in [-0.05, 0) is 18.4 Å². The summed E-state index contributed by atoms with van der Waals surface area (Å²) >= 11 is 0. The second-order valence-corrected chi connectivity index (χ2v) is 7.13. The van der Waals surface area contributed by atoms with Crippen molar-refractivity contribution in [1.29, 1.82) is 0 Å². The number of carbonyl (C=O) groups is 1. The van der Waals surface area contributed by atoms with E-state index in [9.17, 15) is 19.7 Å². The zero-order valence-corrected chi connectivity index (χ0v) is 15.7. The molecule has 1 aliphatic rings. The van der Waals surface area contributed by atoms with Crippen LogP contribution < -0.4 is 10.9 Å². The highest BCUT2D eigenvalue weighted by atomic mass is 16.6. The number of nitro benzene ring substituents is 1. The Hall–Kier alpha value is -3.56. The first-order chi connectivity index (χ1) is 14.0. The molecule has 0 atom stereocenters. The molecule has 4 rings (SSSR count). The minimum absolute atomic E-state index is 0.0265. The first-order valence-electron chi connectivity index (χ1n) is 9.45. The Morgan fingerprint density at radius 3 is 2.90 bits per heavy atom. The average molecular weight is 396 g/mol. The number of nitro groups is 1. The van der Waals surface area contributed by atoms with Crippen LogP contribution in [0.2, 0.25) is 0 Å². The van der Waals surface area contributed by atoms with Crippen LogP contribution >= 0.6 is 0 Å². The molecule has 2 heterocycles. The minimum atomic E-state index is -0.471. The van der Waals surface area contributed by atoms with Gasteiger partial charge in [-0.3, -0.25) is 24.3 Å². The van der Waals surface area contributed by atoms with E-state index in [1.807, 2.05) is 0 Å². The zero-order valence-electron chi connectivity index (χ0n) is 15.7. The maximum absolute atomic E-state index is 12.7. The van der Waals surface area contributed by atoms with Gasteiger partial charge in [0, 0.05) is 24.6 Å². The largest absolute Gasteiger partial charge is 0.354 e. The van der Waals surface area contributed by atoms with Crippen molar-refractivity contribution in [2.24, 2.45) is 5.92 Å². The van der Waals surface area contributed by atoms with Crippen LogP contribution in [-0.2, 0) is 17.9 Å². The van der Waals surface area contributed by atoms with Gasteiger partial charge < -0.3 is 5.32 Å². The van der Waals surface area contributed by atoms with Crippen molar-refractivity contribution in [2.45, 2.75) is 32.4 Å². The fourth-order valence-electron chi connectivity index (χ4n) is 3.34. The quantitative estimate of drug-likeness (QED) is 0.476. The summed E-state index contributed by atoms with van der Waals surface area (Å²) in [4.78, 5) is 39.4. The van der Waals surface area contributed by atoms with Gasteiger partial charge in [-0.15, -0.1) is 0 Å². The lowest BCUT2D eigenvalue weighted by Crippen LogP contribution is -2.36. The molecule has 2 aromatic heterocycles. The third-order valence-electron chi connectivity index (χ3n) is 5.20. The number of hydrogen-bond donors (Lipinski definition) is 1. The van der Waals surface area contributed by atoms with Crippen molar-refractivity contribution >= 4 is 22.6 Å². The second kappa shape index (κ2) is 7.82. The van der Waals surface area contributed by atoms with Crippen molar-refractivity contribution in [3.63, 3.8) is 0 Å². The van der Waals surface area contributed by atoms with Gasteiger partial charge in [-0.2, -0.15) is 5.10 Å². The van der Waals surface area contributed by atoms with E-state index < -0.39 is 4.92 Å². The molecule has 1 aliphatic carbocycles. The lowest BCUT2D eigenvalue weighted by atomic mass is 9.85. The molecular weight excluding hydrogens is 376 g/mol. The molecule has 1 amide bonds. The van der Waals surface area contributed by atoms with Gasteiger partial charge >= 0.3 is 0 Å². The highest BCUT2D eigenvalue weighted by Gasteiger charge is 2.24. The summed E-state index contributed by atoms with van der Waals surface area (Å²) in [6, 6.07) is 6.14. The highest BCUT2D eigenvalue weighted by molar-refractivity contribution is 5.79. The van der Waals surface area contributed by atoms with Crippen LogP contribution in [0.3, 0.4) is 0 Å². The van der Waals surface area contributed by atoms with Gasteiger partial charge in [0.25, 0.3) is 11.2 Å². The highest BCUT2D eigenvalue weighted by Crippen LogP contribution is 2.26. The van der Waals surface area contributed by atoms with E-state index in [2.05, 4.69) is 15.4 Å². The molecule has 0 aliphatic heterocycles. The van der Waals surface area contributed by atoms with E-state index in [-0.39, 0.29) is 29.6 Å². The Kier molecular flexibility index (Phi) is 5.07. The molecule has 1 fully saturated rings. The molecular formula is C19H20N6O4. The number of aromatic nitrogens is 4. The lowest BCUT2D eigenvalue weighted by Gasteiger charge is -2.23. The maximum atomic E-state index is 12.7. The SMILES string of the molecule is O=C(NCCn1ncc2c(=O)n(Cc3cccc([N+](=O)[O-])c3)cnc21)C1CCC1. The topological polar surface area (TPSA) is 125 Å². The summed E-state index contributed by atoms with van der Waals surface area (Å²) in [5, 5.41) is 18.4. The number of carbonyl (C=O) groups excluding carboxylic acids is 1. The van der Waals surface area contributed by atoms with E-state index in [0.29, 0.717) is 29.7 Å². The van der Waals surface area contributed by atoms with Crippen molar-refractivity contribution in [1.82, 2.24) is 24.6 Å². The molecule has 0 unspecified atom stereocenters. The van der Waals surface area contributed by atoms with Crippen LogP contribution in [0.15, 0.2) is 41.6 Å². The Bertz CT molecular complexity index is 1130. The number of non-ortho nitro benzene ring substituents is 1. The van der Waals surface area contributed by atoms with E-state index in [1.165, 1.54) is 29.2 Å². The second-order valence-electron chi connectivity index (χ2n) is 7.13. The molecule has 0 saturated heterocycles. The van der Waals surface area contributed by atoms with Gasteiger partial charge in [-0.1, -0.05) is 18.6 Å². The van der Waals surface area contributed by atoms with Crippen LogP contribution in [0.1, 0.15) is 24.8 Å². The fraction of sp³-hybridized carbons (Fsp3) is 0.368. The minimum Gasteiger partial charge on any atom is -0.354 e. The maximum Gasteiger partial charge on any atom is 0.269 e. The monoisotopic (exact) mass is 396 g/mol. The summed E-state index contributed by atoms with van der Waals surface area (Å²) in [6.45, 7) is 1.01. The number of benzene rings is 1. The number of nitrogens with zero attached hydrogens (tertiary/aromatic N) is 5. The van der Waals surface area contributed by atoms with Gasteiger partial charge in [0.2, 0.25) is 5.91 Å². The van der Waals surface area contributed by atoms with Crippen LogP contribution in [-0.4, -0.2) is 36.7 Å². The molecule has 1 saturated carbocycles. The molecule has 10 nitrogen and oxygen atoms in total. The Labute approximate surface area is 165 Å². The Morgan fingerprint density at radius 1 is 1.34 bits per heavy atom. The van der Waals surface area contributed by atoms with Crippen molar-refractivity contribution in [3.05, 3.63) is 62.8 Å². The third kappa shape index (κ3) is 3.86. The first kappa shape index (κ1) is 18.8. The molecule has 10 heteroatoms. The number of fused-ring (bicyclic) bond motifs is 1. The standard InChI is InChI=1S/C19H20N6O4/c26-18(14-4-2-5-14)20-7-8-24-17-16(10-22-24)19(27)23(12-21-17)11-13-3-1-6-15(9-13)25(28)29/h1,3,6,9-10,12,14H,2,4-5,7-8,11H2,(H,20,26). The lowest BCUT2D eigenvalue weighted by molar-refractivity contribution is -0.384. The summed E-state index contributed by atoms with van der Waals surface area (Å²) < 4.78 is 2.99. The van der Waals surface area contributed by atoms with Gasteiger partial charge in [0.1, 0.15) is 11.7 Å². The molecule has 1 aromatic carbocycles. The Morgan fingerprint density at radius 2 is 2.17 bits per heavy atom. The molecule has 0 radical (unpaired) electrons. The van der Waals surface area contributed by atoms with Gasteiger partial charge in [0.15, 0.2) is 5.65 Å². The van der Waals surface area contributed by atoms with Crippen molar-refractivity contribution < 1.29 is 9.72 Å². The summed E-state index contributed by atoms with van der Waals surface area (Å²) in [5.41, 5.74) is 0.782. The molecule has 0 spiro atoms. The first-order valence-corrected chi connectivity index (χ1v) is 9.45. The fourth-order valence-corrected chi connectivity index (χ4v) is 3.34. The van der Waals surface area contributed by atoms with E-state index in [4.69, 9.17) is 0 Å². The summed E-state index contributed by atoms with van der Waals surface area (Å²) in [5.74, 6) is 0.198. The number of amides is 1. The number of rotatable bonds is 7. The van der Waals surface area contributed by atoms with Crippen molar-refractivity contribution in [3.8, 4) is 0 Å². The summed E-state index contributed by atoms with van der Waals surface area (Å²) in [6.07, 6.45) is 5.87. The van der Waals surface area contributed by atoms with Crippen LogP contribution in [0.4, 0.5) is 5.69 Å². The predicted octanol–water partition coefficient (Wildman–Crippen LogP) is 1.47. The molecule has 1 N–H and O–H groups in total. The van der Waals surface area contributed by atoms with Crippen molar-refractivity contribution in [2.75, 3.05) is 6.54 Å².